The molecule has 0 saturated carbocycles. The van der Waals surface area contributed by atoms with Gasteiger partial charge in [-0.15, -0.1) is 0 Å². The Morgan fingerprint density at radius 1 is 1.05 bits per heavy atom. The zero-order chi connectivity index (χ0) is 14.7. The van der Waals surface area contributed by atoms with E-state index in [9.17, 15) is 5.11 Å². The van der Waals surface area contributed by atoms with Crippen LogP contribution in [0.3, 0.4) is 0 Å². The van der Waals surface area contributed by atoms with Crippen LogP contribution in [-0.2, 0) is 0 Å². The van der Waals surface area contributed by atoms with Gasteiger partial charge in [-0.1, -0.05) is 29.8 Å². The molecule has 0 saturated heterocycles. The largest absolute Gasteiger partial charge is 0.481 e. The van der Waals surface area contributed by atoms with Crippen molar-refractivity contribution < 1.29 is 9.84 Å². The van der Waals surface area contributed by atoms with Gasteiger partial charge >= 0.3 is 0 Å². The molecule has 0 fully saturated rings. The summed E-state index contributed by atoms with van der Waals surface area (Å²) < 4.78 is 7.63. The Balaban J connectivity index is 2.33. The average Bonchev–Trinajstić information content (AvgIpc) is 2.39. The molecule has 0 spiro atoms. The first-order valence-corrected chi connectivity index (χ1v) is 7.99. The first kappa shape index (κ1) is 15.8. The summed E-state index contributed by atoms with van der Waals surface area (Å²) >= 11 is 12.8. The zero-order valence-corrected chi connectivity index (χ0v) is 14.6. The zero-order valence-electron chi connectivity index (χ0n) is 10.7. The molecule has 2 atom stereocenters. The van der Waals surface area contributed by atoms with E-state index in [-0.39, 0.29) is 0 Å². The molecule has 0 heterocycles. The highest BCUT2D eigenvalue weighted by molar-refractivity contribution is 9.11. The summed E-state index contributed by atoms with van der Waals surface area (Å²) in [5.74, 6) is 0.661. The molecule has 0 radical (unpaired) electrons. The maximum atomic E-state index is 9.99. The molecule has 0 amide bonds. The molecular formula is C15H13Br2ClO2. The number of hydrogen-bond acceptors (Lipinski definition) is 2. The van der Waals surface area contributed by atoms with E-state index in [0.717, 1.165) is 14.5 Å². The molecule has 0 aliphatic rings. The van der Waals surface area contributed by atoms with E-state index < -0.39 is 12.2 Å². The van der Waals surface area contributed by atoms with Crippen LogP contribution in [0.1, 0.15) is 18.6 Å². The van der Waals surface area contributed by atoms with E-state index in [0.29, 0.717) is 10.8 Å². The van der Waals surface area contributed by atoms with E-state index >= 15 is 0 Å². The van der Waals surface area contributed by atoms with Crippen molar-refractivity contribution in [1.29, 1.82) is 0 Å². The molecule has 0 aliphatic carbocycles. The smallest absolute Gasteiger partial charge is 0.149 e. The highest BCUT2D eigenvalue weighted by Crippen LogP contribution is 2.37. The van der Waals surface area contributed by atoms with Crippen LogP contribution in [0.4, 0.5) is 0 Å². The monoisotopic (exact) mass is 418 g/mol. The summed E-state index contributed by atoms with van der Waals surface area (Å²) in [7, 11) is 0. The van der Waals surface area contributed by atoms with E-state index in [1.165, 1.54) is 0 Å². The summed E-state index contributed by atoms with van der Waals surface area (Å²) in [4.78, 5) is 0. The molecule has 0 aliphatic heterocycles. The highest BCUT2D eigenvalue weighted by atomic mass is 79.9. The van der Waals surface area contributed by atoms with Gasteiger partial charge in [-0.3, -0.25) is 0 Å². The number of benzene rings is 2. The van der Waals surface area contributed by atoms with Gasteiger partial charge in [0.05, 0.1) is 15.0 Å². The molecule has 2 aromatic carbocycles. The predicted octanol–water partition coefficient (Wildman–Crippen LogP) is 5.37. The number of aliphatic hydroxyl groups is 1. The van der Waals surface area contributed by atoms with E-state index in [1.807, 2.05) is 30.3 Å². The fourth-order valence-corrected chi connectivity index (χ4v) is 3.13. The summed E-state index contributed by atoms with van der Waals surface area (Å²) in [6.07, 6.45) is -1.13. The fraction of sp³-hybridized carbons (Fsp3) is 0.200. The van der Waals surface area contributed by atoms with Crippen molar-refractivity contribution in [2.24, 2.45) is 0 Å². The van der Waals surface area contributed by atoms with Gasteiger partial charge in [-0.05, 0) is 68.6 Å². The number of hydrogen-bond donors (Lipinski definition) is 1. The molecule has 2 nitrogen and oxygen atoms in total. The van der Waals surface area contributed by atoms with Crippen LogP contribution in [0, 0.1) is 0 Å². The van der Waals surface area contributed by atoms with Crippen molar-refractivity contribution in [1.82, 2.24) is 0 Å². The Kier molecular flexibility index (Phi) is 5.49. The molecule has 1 N–H and O–H groups in total. The SMILES string of the molecule is CC(O)C(Oc1c(Br)cccc1Br)c1ccc(Cl)cc1. The summed E-state index contributed by atoms with van der Waals surface area (Å²) in [5, 5.41) is 10.6. The fourth-order valence-electron chi connectivity index (χ4n) is 1.82. The third-order valence-corrected chi connectivity index (χ3v) is 4.30. The minimum atomic E-state index is -0.657. The summed E-state index contributed by atoms with van der Waals surface area (Å²) in [6.45, 7) is 1.70. The first-order valence-electron chi connectivity index (χ1n) is 6.03. The van der Waals surface area contributed by atoms with Crippen molar-refractivity contribution in [2.75, 3.05) is 0 Å². The van der Waals surface area contributed by atoms with E-state index in [4.69, 9.17) is 16.3 Å². The second-order valence-electron chi connectivity index (χ2n) is 4.38. The van der Waals surface area contributed by atoms with Crippen molar-refractivity contribution in [2.45, 2.75) is 19.1 Å². The van der Waals surface area contributed by atoms with Crippen LogP contribution in [0.15, 0.2) is 51.4 Å². The molecular weight excluding hydrogens is 407 g/mol. The van der Waals surface area contributed by atoms with Crippen molar-refractivity contribution >= 4 is 43.5 Å². The predicted molar refractivity (Wildman–Crippen MR) is 88.3 cm³/mol. The third kappa shape index (κ3) is 3.76. The topological polar surface area (TPSA) is 29.5 Å². The minimum Gasteiger partial charge on any atom is -0.481 e. The van der Waals surface area contributed by atoms with Gasteiger partial charge in [-0.2, -0.15) is 0 Å². The van der Waals surface area contributed by atoms with Gasteiger partial charge in [0.15, 0.2) is 0 Å². The Morgan fingerprint density at radius 3 is 2.10 bits per heavy atom. The van der Waals surface area contributed by atoms with E-state index in [1.54, 1.807) is 19.1 Å². The maximum absolute atomic E-state index is 9.99. The van der Waals surface area contributed by atoms with Gasteiger partial charge in [0, 0.05) is 5.02 Å². The van der Waals surface area contributed by atoms with Crippen LogP contribution in [-0.4, -0.2) is 11.2 Å². The number of ether oxygens (including phenoxy) is 1. The molecule has 20 heavy (non-hydrogen) atoms. The molecule has 2 unspecified atom stereocenters. The van der Waals surface area contributed by atoms with Crippen LogP contribution >= 0.6 is 43.5 Å². The van der Waals surface area contributed by atoms with Gasteiger partial charge in [0.25, 0.3) is 0 Å². The Hall–Kier alpha value is -0.550. The second kappa shape index (κ2) is 6.94. The number of para-hydroxylation sites is 1. The first-order chi connectivity index (χ1) is 9.49. The Labute approximate surface area is 140 Å². The normalized spacial score (nSPS) is 13.8. The molecule has 2 rings (SSSR count). The molecule has 0 aromatic heterocycles. The minimum absolute atomic E-state index is 0.470. The highest BCUT2D eigenvalue weighted by Gasteiger charge is 2.21. The van der Waals surface area contributed by atoms with Gasteiger partial charge in [-0.25, -0.2) is 0 Å². The molecule has 106 valence electrons. The molecule has 5 heteroatoms. The Morgan fingerprint density at radius 2 is 1.60 bits per heavy atom. The van der Waals surface area contributed by atoms with Gasteiger partial charge < -0.3 is 9.84 Å². The lowest BCUT2D eigenvalue weighted by molar-refractivity contribution is 0.0470. The number of halogens is 3. The van der Waals surface area contributed by atoms with Crippen LogP contribution in [0.5, 0.6) is 5.75 Å². The number of aliphatic hydroxyl groups excluding tert-OH is 1. The standard InChI is InChI=1S/C15H13Br2ClO2/c1-9(19)14(10-5-7-11(18)8-6-10)20-15-12(16)3-2-4-13(15)17/h2-9,14,19H,1H3. The third-order valence-electron chi connectivity index (χ3n) is 2.80. The van der Waals surface area contributed by atoms with Gasteiger partial charge in [0.2, 0.25) is 0 Å². The van der Waals surface area contributed by atoms with Crippen molar-refractivity contribution in [3.05, 3.63) is 62.0 Å². The molecule has 0 bridgehead atoms. The lowest BCUT2D eigenvalue weighted by Crippen LogP contribution is -2.21. The second-order valence-corrected chi connectivity index (χ2v) is 6.53. The van der Waals surface area contributed by atoms with Crippen LogP contribution in [0.25, 0.3) is 0 Å². The van der Waals surface area contributed by atoms with Crippen LogP contribution in [0.2, 0.25) is 5.02 Å². The lowest BCUT2D eigenvalue weighted by atomic mass is 10.1. The average molecular weight is 421 g/mol. The maximum Gasteiger partial charge on any atom is 0.149 e. The Bertz CT molecular complexity index is 565. The van der Waals surface area contributed by atoms with Gasteiger partial charge in [0.1, 0.15) is 11.9 Å². The lowest BCUT2D eigenvalue weighted by Gasteiger charge is -2.23. The van der Waals surface area contributed by atoms with Crippen molar-refractivity contribution in [3.63, 3.8) is 0 Å². The number of rotatable bonds is 4. The van der Waals surface area contributed by atoms with E-state index in [2.05, 4.69) is 31.9 Å². The summed E-state index contributed by atoms with van der Waals surface area (Å²) in [5.41, 5.74) is 0.868. The molecule has 2 aromatic rings. The summed E-state index contributed by atoms with van der Waals surface area (Å²) in [6, 6.07) is 13.0. The van der Waals surface area contributed by atoms with Crippen molar-refractivity contribution in [3.8, 4) is 5.75 Å². The quantitative estimate of drug-likeness (QED) is 0.721. The van der Waals surface area contributed by atoms with Crippen LogP contribution < -0.4 is 4.74 Å².